The minimum absolute atomic E-state index is 0.136. The van der Waals surface area contributed by atoms with Crippen LogP contribution in [0, 0.1) is 5.82 Å². The predicted octanol–water partition coefficient (Wildman–Crippen LogP) is 3.61. The van der Waals surface area contributed by atoms with Gasteiger partial charge < -0.3 is 10.3 Å². The fourth-order valence-corrected chi connectivity index (χ4v) is 2.31. The number of nitrogens with zero attached hydrogens (tertiary/aromatic N) is 2. The van der Waals surface area contributed by atoms with Crippen molar-refractivity contribution >= 4 is 15.9 Å². The van der Waals surface area contributed by atoms with Crippen LogP contribution in [0.1, 0.15) is 32.5 Å². The quantitative estimate of drug-likeness (QED) is 0.931. The fourth-order valence-electron chi connectivity index (χ4n) is 1.80. The Bertz CT molecular complexity index is 561. The van der Waals surface area contributed by atoms with Crippen molar-refractivity contribution < 1.29 is 8.91 Å². The van der Waals surface area contributed by atoms with Gasteiger partial charge in [-0.25, -0.2) is 4.39 Å². The monoisotopic (exact) mass is 327 g/mol. The van der Waals surface area contributed by atoms with Gasteiger partial charge in [-0.1, -0.05) is 25.1 Å². The standard InChI is InChI=1S/C13H15BrFN3O/c1-3-13(16,4-2)12-17-11(19-18-12)10-8(14)6-5-7-9(10)15/h5-7H,3-4,16H2,1-2H3. The third-order valence-corrected chi connectivity index (χ3v) is 3.97. The molecule has 0 radical (unpaired) electrons. The number of hydrogen-bond donors (Lipinski definition) is 1. The minimum Gasteiger partial charge on any atom is -0.334 e. The molecule has 0 amide bonds. The molecule has 0 saturated heterocycles. The van der Waals surface area contributed by atoms with Crippen molar-refractivity contribution in [3.8, 4) is 11.5 Å². The summed E-state index contributed by atoms with van der Waals surface area (Å²) in [6, 6.07) is 4.67. The van der Waals surface area contributed by atoms with Crippen LogP contribution in [0.2, 0.25) is 0 Å². The molecule has 0 saturated carbocycles. The van der Waals surface area contributed by atoms with E-state index in [2.05, 4.69) is 26.1 Å². The Morgan fingerprint density at radius 1 is 1.37 bits per heavy atom. The fraction of sp³-hybridized carbons (Fsp3) is 0.385. The van der Waals surface area contributed by atoms with Crippen molar-refractivity contribution in [2.75, 3.05) is 0 Å². The summed E-state index contributed by atoms with van der Waals surface area (Å²) in [7, 11) is 0. The van der Waals surface area contributed by atoms with Crippen LogP contribution in [0.4, 0.5) is 4.39 Å². The molecule has 2 rings (SSSR count). The molecule has 1 aromatic heterocycles. The van der Waals surface area contributed by atoms with Gasteiger partial charge in [0.25, 0.3) is 5.89 Å². The van der Waals surface area contributed by atoms with E-state index in [9.17, 15) is 4.39 Å². The zero-order valence-electron chi connectivity index (χ0n) is 10.8. The number of nitrogens with two attached hydrogens (primary N) is 1. The molecule has 0 aliphatic heterocycles. The first-order valence-corrected chi connectivity index (χ1v) is 6.88. The van der Waals surface area contributed by atoms with E-state index in [1.54, 1.807) is 12.1 Å². The van der Waals surface area contributed by atoms with Crippen LogP contribution in [0.25, 0.3) is 11.5 Å². The zero-order chi connectivity index (χ0) is 14.0. The molecule has 0 aliphatic carbocycles. The van der Waals surface area contributed by atoms with Crippen LogP contribution in [0.5, 0.6) is 0 Å². The molecule has 0 aliphatic rings. The molecule has 6 heteroatoms. The van der Waals surface area contributed by atoms with Crippen molar-refractivity contribution in [3.05, 3.63) is 34.3 Å². The lowest BCUT2D eigenvalue weighted by Gasteiger charge is -2.21. The molecular weight excluding hydrogens is 313 g/mol. The molecule has 1 aromatic carbocycles. The number of hydrogen-bond acceptors (Lipinski definition) is 4. The van der Waals surface area contributed by atoms with Crippen molar-refractivity contribution in [1.82, 2.24) is 10.1 Å². The molecule has 4 nitrogen and oxygen atoms in total. The van der Waals surface area contributed by atoms with E-state index in [4.69, 9.17) is 10.3 Å². The van der Waals surface area contributed by atoms with E-state index in [1.807, 2.05) is 13.8 Å². The van der Waals surface area contributed by atoms with E-state index in [1.165, 1.54) is 6.07 Å². The Hall–Kier alpha value is -1.27. The topological polar surface area (TPSA) is 64.9 Å². The molecule has 0 fully saturated rings. The summed E-state index contributed by atoms with van der Waals surface area (Å²) >= 11 is 3.28. The van der Waals surface area contributed by atoms with Crippen molar-refractivity contribution in [3.63, 3.8) is 0 Å². The van der Waals surface area contributed by atoms with E-state index in [0.717, 1.165) is 0 Å². The first-order valence-electron chi connectivity index (χ1n) is 6.09. The maximum Gasteiger partial charge on any atom is 0.262 e. The highest BCUT2D eigenvalue weighted by Crippen LogP contribution is 2.31. The van der Waals surface area contributed by atoms with Gasteiger partial charge in [-0.05, 0) is 40.9 Å². The van der Waals surface area contributed by atoms with Gasteiger partial charge in [0, 0.05) is 4.47 Å². The van der Waals surface area contributed by atoms with Crippen LogP contribution in [-0.2, 0) is 5.54 Å². The van der Waals surface area contributed by atoms with Gasteiger partial charge in [-0.15, -0.1) is 0 Å². The lowest BCUT2D eigenvalue weighted by atomic mass is 9.93. The number of aromatic nitrogens is 2. The first kappa shape index (κ1) is 14.1. The maximum atomic E-state index is 13.8. The molecule has 0 atom stereocenters. The molecule has 2 N–H and O–H groups in total. The number of benzene rings is 1. The maximum absolute atomic E-state index is 13.8. The van der Waals surface area contributed by atoms with Crippen molar-refractivity contribution in [1.29, 1.82) is 0 Å². The number of halogens is 2. The highest BCUT2D eigenvalue weighted by Gasteiger charge is 2.30. The van der Waals surface area contributed by atoms with Crippen molar-refractivity contribution in [2.24, 2.45) is 5.73 Å². The lowest BCUT2D eigenvalue weighted by Crippen LogP contribution is -2.36. The van der Waals surface area contributed by atoms with Crippen molar-refractivity contribution in [2.45, 2.75) is 32.2 Å². The van der Waals surface area contributed by atoms with Gasteiger partial charge in [0.2, 0.25) is 0 Å². The van der Waals surface area contributed by atoms with E-state index in [-0.39, 0.29) is 11.5 Å². The zero-order valence-corrected chi connectivity index (χ0v) is 12.4. The van der Waals surface area contributed by atoms with Gasteiger partial charge in [-0.2, -0.15) is 4.98 Å². The Labute approximate surface area is 119 Å². The largest absolute Gasteiger partial charge is 0.334 e. The average Bonchev–Trinajstić information content (AvgIpc) is 2.87. The van der Waals surface area contributed by atoms with Gasteiger partial charge in [0.1, 0.15) is 5.82 Å². The van der Waals surface area contributed by atoms with Crippen LogP contribution in [-0.4, -0.2) is 10.1 Å². The smallest absolute Gasteiger partial charge is 0.262 e. The minimum atomic E-state index is -0.639. The summed E-state index contributed by atoms with van der Waals surface area (Å²) in [5.74, 6) is 0.125. The van der Waals surface area contributed by atoms with Crippen LogP contribution in [0.15, 0.2) is 27.2 Å². The summed E-state index contributed by atoms with van der Waals surface area (Å²) < 4.78 is 19.5. The molecule has 0 unspecified atom stereocenters. The second-order valence-electron chi connectivity index (χ2n) is 4.38. The lowest BCUT2D eigenvalue weighted by molar-refractivity contribution is 0.350. The Balaban J connectivity index is 2.47. The average molecular weight is 328 g/mol. The third kappa shape index (κ3) is 2.55. The molecule has 0 spiro atoms. The van der Waals surface area contributed by atoms with Crippen LogP contribution < -0.4 is 5.73 Å². The Morgan fingerprint density at radius 3 is 2.63 bits per heavy atom. The van der Waals surface area contributed by atoms with Gasteiger partial charge >= 0.3 is 0 Å². The van der Waals surface area contributed by atoms with E-state index < -0.39 is 11.4 Å². The van der Waals surface area contributed by atoms with Crippen LogP contribution in [0.3, 0.4) is 0 Å². The molecule has 0 bridgehead atoms. The summed E-state index contributed by atoms with van der Waals surface area (Å²) in [5, 5.41) is 3.89. The molecule has 19 heavy (non-hydrogen) atoms. The Morgan fingerprint density at radius 2 is 2.05 bits per heavy atom. The summed E-state index contributed by atoms with van der Waals surface area (Å²) in [6.07, 6.45) is 1.36. The third-order valence-electron chi connectivity index (χ3n) is 3.31. The van der Waals surface area contributed by atoms with Gasteiger partial charge in [0.05, 0.1) is 11.1 Å². The van der Waals surface area contributed by atoms with Crippen LogP contribution >= 0.6 is 15.9 Å². The highest BCUT2D eigenvalue weighted by molar-refractivity contribution is 9.10. The second kappa shape index (κ2) is 5.38. The summed E-state index contributed by atoms with van der Waals surface area (Å²) in [6.45, 7) is 3.91. The predicted molar refractivity (Wildman–Crippen MR) is 73.8 cm³/mol. The summed E-state index contributed by atoms with van der Waals surface area (Å²) in [4.78, 5) is 4.24. The highest BCUT2D eigenvalue weighted by atomic mass is 79.9. The van der Waals surface area contributed by atoms with E-state index >= 15 is 0 Å². The molecule has 1 heterocycles. The number of rotatable bonds is 4. The van der Waals surface area contributed by atoms with Gasteiger partial charge in [0.15, 0.2) is 5.82 Å². The molecule has 102 valence electrons. The first-order chi connectivity index (χ1) is 9.01. The Kier molecular flexibility index (Phi) is 4.01. The SMILES string of the molecule is CCC(N)(CC)c1noc(-c2c(F)cccc2Br)n1. The van der Waals surface area contributed by atoms with Gasteiger partial charge in [-0.3, -0.25) is 0 Å². The normalized spacial score (nSPS) is 11.8. The molecule has 2 aromatic rings. The molecular formula is C13H15BrFN3O. The summed E-state index contributed by atoms with van der Waals surface area (Å²) in [5.41, 5.74) is 5.82. The second-order valence-corrected chi connectivity index (χ2v) is 5.24. The van der Waals surface area contributed by atoms with E-state index in [0.29, 0.717) is 23.1 Å².